The van der Waals surface area contributed by atoms with E-state index in [9.17, 15) is 19.2 Å². The van der Waals surface area contributed by atoms with Crippen molar-refractivity contribution in [1.82, 2.24) is 0 Å². The van der Waals surface area contributed by atoms with Crippen LogP contribution < -0.4 is 0 Å². The molecule has 0 saturated heterocycles. The van der Waals surface area contributed by atoms with Crippen LogP contribution in [0.5, 0.6) is 0 Å². The predicted octanol–water partition coefficient (Wildman–Crippen LogP) is 2.11. The summed E-state index contributed by atoms with van der Waals surface area (Å²) in [6.45, 7) is 0. The fraction of sp³-hybridized carbons (Fsp3) is 0.200. The molecule has 12 heteroatoms. The van der Waals surface area contributed by atoms with Crippen LogP contribution in [0, 0.1) is 0 Å². The summed E-state index contributed by atoms with van der Waals surface area (Å²) in [6, 6.07) is 0. The first-order chi connectivity index (χ1) is 10.4. The Kier molecular flexibility index (Phi) is 5.75. The van der Waals surface area contributed by atoms with Crippen molar-refractivity contribution in [3.05, 3.63) is 20.1 Å². The summed E-state index contributed by atoms with van der Waals surface area (Å²) in [6.07, 6.45) is 4.17. The molecular weight excluding hydrogens is 382 g/mol. The maximum absolute atomic E-state index is 10.7. The molecule has 0 amide bonds. The minimum atomic E-state index is -2.64. The third-order valence-electron chi connectivity index (χ3n) is 2.51. The van der Waals surface area contributed by atoms with E-state index in [2.05, 4.69) is 20.0 Å². The Labute approximate surface area is 141 Å². The van der Waals surface area contributed by atoms with Gasteiger partial charge in [-0.25, -0.2) is 19.2 Å². The van der Waals surface area contributed by atoms with Crippen LogP contribution >= 0.6 is 46.4 Å². The van der Waals surface area contributed by atoms with Crippen LogP contribution in [-0.2, 0) is 19.2 Å². The fourth-order valence-corrected chi connectivity index (χ4v) is 2.80. The molecule has 0 saturated carbocycles. The van der Waals surface area contributed by atoms with Gasteiger partial charge in [-0.2, -0.15) is 20.0 Å². The molecule has 112 valence electrons. The lowest BCUT2D eigenvalue weighted by molar-refractivity contribution is 0.337. The van der Waals surface area contributed by atoms with Gasteiger partial charge in [-0.05, 0) is 0 Å². The van der Waals surface area contributed by atoms with Gasteiger partial charge in [0.05, 0.1) is 20.1 Å². The summed E-state index contributed by atoms with van der Waals surface area (Å²) >= 11 is 23.4. The standard InChI is InChI=1S/C10Cl4N4O4/c11-5-6(12)8(14)10(17-3-21,18-4-22)9(7(5)13,15-1-19)16-2-20. The first-order valence-corrected chi connectivity index (χ1v) is 6.37. The number of hydrogen-bond donors (Lipinski definition) is 0. The highest BCUT2D eigenvalue weighted by Crippen LogP contribution is 2.54. The quantitative estimate of drug-likeness (QED) is 0.547. The van der Waals surface area contributed by atoms with Crippen LogP contribution in [0.25, 0.3) is 0 Å². The summed E-state index contributed by atoms with van der Waals surface area (Å²) in [5.74, 6) is 0. The summed E-state index contributed by atoms with van der Waals surface area (Å²) < 4.78 is 0. The number of allylic oxidation sites excluding steroid dienone is 2. The molecule has 0 unspecified atom stereocenters. The number of rotatable bonds is 4. The van der Waals surface area contributed by atoms with E-state index in [-0.39, 0.29) is 0 Å². The zero-order valence-corrected chi connectivity index (χ0v) is 13.0. The number of nitrogens with zero attached hydrogens (tertiary/aromatic N) is 4. The van der Waals surface area contributed by atoms with Crippen molar-refractivity contribution in [3.8, 4) is 0 Å². The van der Waals surface area contributed by atoms with E-state index in [4.69, 9.17) is 46.4 Å². The fourth-order valence-electron chi connectivity index (χ4n) is 1.63. The Morgan fingerprint density at radius 3 is 1.00 bits per heavy atom. The average molecular weight is 382 g/mol. The van der Waals surface area contributed by atoms with Gasteiger partial charge in [0.2, 0.25) is 24.3 Å². The average Bonchev–Trinajstić information content (AvgIpc) is 2.50. The second-order valence-corrected chi connectivity index (χ2v) is 4.92. The molecule has 0 fully saturated rings. The monoisotopic (exact) mass is 380 g/mol. The summed E-state index contributed by atoms with van der Waals surface area (Å²) in [5, 5.41) is -2.28. The van der Waals surface area contributed by atoms with Crippen molar-refractivity contribution in [3.63, 3.8) is 0 Å². The first-order valence-electron chi connectivity index (χ1n) is 4.86. The number of isocyanates is 4. The van der Waals surface area contributed by atoms with Gasteiger partial charge >= 0.3 is 0 Å². The van der Waals surface area contributed by atoms with Crippen LogP contribution in [-0.4, -0.2) is 35.6 Å². The Balaban J connectivity index is 4.21. The lowest BCUT2D eigenvalue weighted by atomic mass is 9.88. The second-order valence-electron chi connectivity index (χ2n) is 3.41. The minimum absolute atomic E-state index is 0.468. The number of hydrogen-bond acceptors (Lipinski definition) is 8. The van der Waals surface area contributed by atoms with Gasteiger partial charge in [-0.15, -0.1) is 0 Å². The highest BCUT2D eigenvalue weighted by atomic mass is 35.5. The Hall–Kier alpha value is -1.84. The molecule has 1 aliphatic carbocycles. The Morgan fingerprint density at radius 2 is 0.818 bits per heavy atom. The van der Waals surface area contributed by atoms with E-state index in [1.54, 1.807) is 0 Å². The molecule has 0 atom stereocenters. The first kappa shape index (κ1) is 18.2. The molecule has 0 radical (unpaired) electrons. The molecule has 8 nitrogen and oxygen atoms in total. The second kappa shape index (κ2) is 6.95. The molecule has 0 aromatic rings. The van der Waals surface area contributed by atoms with E-state index >= 15 is 0 Å². The topological polar surface area (TPSA) is 118 Å². The van der Waals surface area contributed by atoms with E-state index in [1.807, 2.05) is 0 Å². The Bertz CT molecular complexity index is 677. The zero-order chi connectivity index (χ0) is 17.0. The van der Waals surface area contributed by atoms with E-state index in [0.29, 0.717) is 0 Å². The third kappa shape index (κ3) is 2.40. The molecular formula is C10Cl4N4O4. The lowest BCUT2D eigenvalue weighted by Crippen LogP contribution is -2.52. The van der Waals surface area contributed by atoms with Crippen LogP contribution in [0.1, 0.15) is 0 Å². The van der Waals surface area contributed by atoms with Crippen molar-refractivity contribution in [1.29, 1.82) is 0 Å². The molecule has 0 bridgehead atoms. The summed E-state index contributed by atoms with van der Waals surface area (Å²) in [7, 11) is 0. The molecule has 0 aromatic heterocycles. The third-order valence-corrected chi connectivity index (χ3v) is 4.46. The van der Waals surface area contributed by atoms with Gasteiger partial charge in [-0.3, -0.25) is 0 Å². The number of aliphatic imine (C=N–C) groups is 4. The number of carbonyl (C=O) groups excluding carboxylic acids is 4. The highest BCUT2D eigenvalue weighted by Gasteiger charge is 2.63. The minimum Gasteiger partial charge on any atom is -0.211 e. The van der Waals surface area contributed by atoms with Crippen molar-refractivity contribution >= 4 is 70.7 Å². The number of halogens is 4. The maximum Gasteiger partial charge on any atom is 0.262 e. The largest absolute Gasteiger partial charge is 0.262 e. The van der Waals surface area contributed by atoms with Crippen LogP contribution in [0.4, 0.5) is 0 Å². The van der Waals surface area contributed by atoms with Crippen molar-refractivity contribution < 1.29 is 19.2 Å². The highest BCUT2D eigenvalue weighted by molar-refractivity contribution is 6.52. The van der Waals surface area contributed by atoms with Gasteiger partial charge in [-0.1, -0.05) is 46.4 Å². The van der Waals surface area contributed by atoms with Gasteiger partial charge in [0.1, 0.15) is 0 Å². The van der Waals surface area contributed by atoms with Crippen LogP contribution in [0.15, 0.2) is 40.1 Å². The molecule has 1 aliphatic rings. The Morgan fingerprint density at radius 1 is 0.591 bits per heavy atom. The lowest BCUT2D eigenvalue weighted by Gasteiger charge is -2.38. The molecule has 0 aliphatic heterocycles. The van der Waals surface area contributed by atoms with Gasteiger partial charge in [0, 0.05) is 0 Å². The summed E-state index contributed by atoms with van der Waals surface area (Å²) in [5.41, 5.74) is -5.28. The van der Waals surface area contributed by atoms with Crippen LogP contribution in [0.3, 0.4) is 0 Å². The molecule has 0 spiro atoms. The molecule has 0 aromatic carbocycles. The van der Waals surface area contributed by atoms with E-state index in [1.165, 1.54) is 0 Å². The SMILES string of the molecule is O=C=NC1(N=C=O)C(Cl)=C(Cl)C(Cl)=C(Cl)C1(N=C=O)N=C=O. The predicted molar refractivity (Wildman–Crippen MR) is 75.4 cm³/mol. The van der Waals surface area contributed by atoms with E-state index in [0.717, 1.165) is 24.3 Å². The molecule has 1 rings (SSSR count). The van der Waals surface area contributed by atoms with E-state index < -0.39 is 31.5 Å². The smallest absolute Gasteiger partial charge is 0.211 e. The normalized spacial score (nSPS) is 27.1. The molecule has 0 N–H and O–H groups in total. The molecule has 22 heavy (non-hydrogen) atoms. The molecule has 0 heterocycles. The van der Waals surface area contributed by atoms with Crippen molar-refractivity contribution in [2.45, 2.75) is 11.3 Å². The maximum atomic E-state index is 10.7. The van der Waals surface area contributed by atoms with Crippen molar-refractivity contribution in [2.75, 3.05) is 0 Å². The van der Waals surface area contributed by atoms with Gasteiger partial charge < -0.3 is 0 Å². The zero-order valence-electron chi connectivity index (χ0n) is 9.93. The summed E-state index contributed by atoms with van der Waals surface area (Å²) in [4.78, 5) is 55.6. The van der Waals surface area contributed by atoms with Crippen molar-refractivity contribution in [2.24, 2.45) is 20.0 Å². The van der Waals surface area contributed by atoms with Crippen LogP contribution in [0.2, 0.25) is 0 Å². The van der Waals surface area contributed by atoms with Gasteiger partial charge in [0.25, 0.3) is 11.3 Å². The van der Waals surface area contributed by atoms with Gasteiger partial charge in [0.15, 0.2) is 0 Å².